The molecule has 0 atom stereocenters. The smallest absolute Gasteiger partial charge is 0.294 e. The number of para-hydroxylation sites is 1. The van der Waals surface area contributed by atoms with E-state index in [0.29, 0.717) is 42.2 Å². The monoisotopic (exact) mass is 465 g/mol. The van der Waals surface area contributed by atoms with Crippen LogP contribution in [0.4, 0.5) is 10.5 Å². The molecule has 0 bridgehead atoms. The first-order chi connectivity index (χ1) is 15.9. The van der Waals surface area contributed by atoms with Crippen LogP contribution in [0.5, 0.6) is 11.5 Å². The number of methoxy groups -OCH3 is 1. The molecule has 1 saturated heterocycles. The van der Waals surface area contributed by atoms with Gasteiger partial charge in [-0.3, -0.25) is 19.3 Å². The van der Waals surface area contributed by atoms with Crippen molar-refractivity contribution in [2.24, 2.45) is 0 Å². The molecule has 0 aromatic heterocycles. The van der Waals surface area contributed by atoms with Gasteiger partial charge in [0.2, 0.25) is 5.91 Å². The first-order valence-corrected chi connectivity index (χ1v) is 11.0. The van der Waals surface area contributed by atoms with Crippen molar-refractivity contribution in [2.75, 3.05) is 25.6 Å². The summed E-state index contributed by atoms with van der Waals surface area (Å²) >= 11 is 0.781. The topological polar surface area (TPSA) is 109 Å². The molecule has 0 aliphatic carbocycles. The van der Waals surface area contributed by atoms with E-state index in [9.17, 15) is 14.4 Å². The third-order valence-electron chi connectivity index (χ3n) is 4.77. The van der Waals surface area contributed by atoms with Crippen molar-refractivity contribution in [2.45, 2.75) is 19.8 Å². The summed E-state index contributed by atoms with van der Waals surface area (Å²) in [6, 6.07) is 14.5. The Hall–Kier alpha value is -3.77. The maximum absolute atomic E-state index is 12.8. The second kappa shape index (κ2) is 11.2. The highest BCUT2D eigenvalue weighted by atomic mass is 32.2. The fourth-order valence-electron chi connectivity index (χ4n) is 3.06. The number of aryl methyl sites for hydroxylation is 1. The molecule has 2 aromatic carbocycles. The highest BCUT2D eigenvalue weighted by Gasteiger charge is 2.36. The van der Waals surface area contributed by atoms with Gasteiger partial charge in [-0.05, 0) is 60.5 Å². The average Bonchev–Trinajstić information content (AvgIpc) is 3.06. The molecule has 1 N–H and O–H groups in total. The Kier molecular flexibility index (Phi) is 8.11. The molecule has 1 aliphatic rings. The maximum atomic E-state index is 12.8. The molecule has 2 aromatic rings. The van der Waals surface area contributed by atoms with Crippen LogP contribution in [0, 0.1) is 18.3 Å². The number of thioether (sulfide) groups is 1. The number of carbonyl (C=O) groups excluding carboxylic acids is 3. The van der Waals surface area contributed by atoms with Crippen molar-refractivity contribution >= 4 is 40.6 Å². The van der Waals surface area contributed by atoms with Gasteiger partial charge < -0.3 is 14.8 Å². The Bertz CT molecular complexity index is 1140. The number of imide groups is 1. The zero-order chi connectivity index (χ0) is 23.8. The number of unbranched alkanes of at least 4 members (excludes halogenated alkanes) is 1. The number of ether oxygens (including phenoxy) is 2. The second-order valence-electron chi connectivity index (χ2n) is 7.15. The summed E-state index contributed by atoms with van der Waals surface area (Å²) in [7, 11) is 1.50. The van der Waals surface area contributed by atoms with Crippen LogP contribution in [-0.4, -0.2) is 42.2 Å². The van der Waals surface area contributed by atoms with E-state index >= 15 is 0 Å². The second-order valence-corrected chi connectivity index (χ2v) is 8.14. The number of carbonyl (C=O) groups is 3. The molecule has 3 amide bonds. The van der Waals surface area contributed by atoms with Crippen molar-refractivity contribution < 1.29 is 23.9 Å². The predicted octanol–water partition coefficient (Wildman–Crippen LogP) is 4.36. The molecule has 0 radical (unpaired) electrons. The minimum atomic E-state index is -0.527. The highest BCUT2D eigenvalue weighted by molar-refractivity contribution is 8.18. The number of anilines is 1. The summed E-state index contributed by atoms with van der Waals surface area (Å²) in [4.78, 5) is 38.7. The quantitative estimate of drug-likeness (QED) is 0.433. The summed E-state index contributed by atoms with van der Waals surface area (Å²) in [5, 5.41) is 10.8. The predicted molar refractivity (Wildman–Crippen MR) is 126 cm³/mol. The Morgan fingerprint density at radius 3 is 2.73 bits per heavy atom. The van der Waals surface area contributed by atoms with Gasteiger partial charge in [0.05, 0.1) is 24.7 Å². The SMILES string of the molecule is COc1cc(/C=C2/SC(=O)N(CC(=O)Nc3ccccc3C)C2=O)ccc1OCCCC#N. The summed E-state index contributed by atoms with van der Waals surface area (Å²) in [6.45, 7) is 1.87. The van der Waals surface area contributed by atoms with Gasteiger partial charge >= 0.3 is 0 Å². The lowest BCUT2D eigenvalue weighted by atomic mass is 10.2. The lowest BCUT2D eigenvalue weighted by Gasteiger charge is -2.13. The largest absolute Gasteiger partial charge is 0.493 e. The zero-order valence-corrected chi connectivity index (χ0v) is 19.1. The Balaban J connectivity index is 1.68. The third-order valence-corrected chi connectivity index (χ3v) is 5.68. The van der Waals surface area contributed by atoms with Gasteiger partial charge in [-0.25, -0.2) is 0 Å². The van der Waals surface area contributed by atoms with Gasteiger partial charge in [0.15, 0.2) is 11.5 Å². The number of benzene rings is 2. The van der Waals surface area contributed by atoms with Crippen LogP contribution < -0.4 is 14.8 Å². The Morgan fingerprint density at radius 2 is 2.00 bits per heavy atom. The van der Waals surface area contributed by atoms with Crippen LogP contribution in [0.25, 0.3) is 6.08 Å². The maximum Gasteiger partial charge on any atom is 0.294 e. The van der Waals surface area contributed by atoms with Crippen molar-refractivity contribution in [3.63, 3.8) is 0 Å². The third kappa shape index (κ3) is 6.14. The fraction of sp³-hybridized carbons (Fsp3) is 0.250. The number of nitriles is 1. The van der Waals surface area contributed by atoms with Crippen LogP contribution in [-0.2, 0) is 9.59 Å². The van der Waals surface area contributed by atoms with E-state index in [-0.39, 0.29) is 11.4 Å². The molecule has 8 nitrogen and oxygen atoms in total. The van der Waals surface area contributed by atoms with Gasteiger partial charge in [-0.15, -0.1) is 0 Å². The van der Waals surface area contributed by atoms with Crippen molar-refractivity contribution in [1.29, 1.82) is 5.26 Å². The number of nitrogens with zero attached hydrogens (tertiary/aromatic N) is 2. The summed E-state index contributed by atoms with van der Waals surface area (Å²) in [5.41, 5.74) is 2.16. The first kappa shape index (κ1) is 23.9. The van der Waals surface area contributed by atoms with Crippen molar-refractivity contribution in [3.05, 3.63) is 58.5 Å². The molecule has 3 rings (SSSR count). The van der Waals surface area contributed by atoms with Crippen LogP contribution in [0.3, 0.4) is 0 Å². The van der Waals surface area contributed by atoms with Crippen LogP contribution in [0.15, 0.2) is 47.4 Å². The summed E-state index contributed by atoms with van der Waals surface area (Å²) in [6.07, 6.45) is 2.58. The van der Waals surface area contributed by atoms with E-state index in [0.717, 1.165) is 22.2 Å². The van der Waals surface area contributed by atoms with Gasteiger partial charge in [0.1, 0.15) is 6.54 Å². The van der Waals surface area contributed by atoms with Gasteiger partial charge in [0, 0.05) is 12.1 Å². The van der Waals surface area contributed by atoms with Crippen molar-refractivity contribution in [3.8, 4) is 17.6 Å². The molecular weight excluding hydrogens is 442 g/mol. The Morgan fingerprint density at radius 1 is 1.21 bits per heavy atom. The molecule has 170 valence electrons. The number of hydrogen-bond donors (Lipinski definition) is 1. The standard InChI is InChI=1S/C24H23N3O5S/c1-16-7-3-4-8-18(16)26-22(28)15-27-23(29)21(33-24(27)30)14-17-9-10-19(20(13-17)31-2)32-12-6-5-11-25/h3-4,7-10,13-14H,5-6,12,15H2,1-2H3,(H,26,28)/b21-14+. The van der Waals surface area contributed by atoms with Crippen LogP contribution >= 0.6 is 11.8 Å². The Labute approximate surface area is 196 Å². The van der Waals surface area contributed by atoms with E-state index in [2.05, 4.69) is 11.4 Å². The van der Waals surface area contributed by atoms with E-state index in [1.165, 1.54) is 7.11 Å². The normalized spacial score (nSPS) is 14.3. The molecule has 0 spiro atoms. The van der Waals surface area contributed by atoms with Gasteiger partial charge in [0.25, 0.3) is 11.1 Å². The minimum absolute atomic E-state index is 0.216. The van der Waals surface area contributed by atoms with Gasteiger partial charge in [-0.2, -0.15) is 5.26 Å². The molecule has 1 heterocycles. The molecule has 0 saturated carbocycles. The van der Waals surface area contributed by atoms with Gasteiger partial charge in [-0.1, -0.05) is 24.3 Å². The first-order valence-electron chi connectivity index (χ1n) is 10.2. The van der Waals surface area contributed by atoms with E-state index in [1.807, 2.05) is 19.1 Å². The molecule has 0 unspecified atom stereocenters. The molecule has 1 fully saturated rings. The lowest BCUT2D eigenvalue weighted by molar-refractivity contribution is -0.127. The number of rotatable bonds is 9. The zero-order valence-electron chi connectivity index (χ0n) is 18.3. The highest BCUT2D eigenvalue weighted by Crippen LogP contribution is 2.34. The fourth-order valence-corrected chi connectivity index (χ4v) is 3.90. The molecule has 9 heteroatoms. The molecule has 1 aliphatic heterocycles. The van der Waals surface area contributed by atoms with E-state index in [1.54, 1.807) is 36.4 Å². The summed E-state index contributed by atoms with van der Waals surface area (Å²) < 4.78 is 11.0. The van der Waals surface area contributed by atoms with Crippen LogP contribution in [0.1, 0.15) is 24.0 Å². The number of amides is 3. The molecular formula is C24H23N3O5S. The average molecular weight is 466 g/mol. The summed E-state index contributed by atoms with van der Waals surface area (Å²) in [5.74, 6) is 0.0132. The van der Waals surface area contributed by atoms with E-state index < -0.39 is 17.1 Å². The van der Waals surface area contributed by atoms with Crippen LogP contribution in [0.2, 0.25) is 0 Å². The van der Waals surface area contributed by atoms with E-state index in [4.69, 9.17) is 14.7 Å². The number of hydrogen-bond acceptors (Lipinski definition) is 7. The van der Waals surface area contributed by atoms with Crippen molar-refractivity contribution in [1.82, 2.24) is 4.90 Å². The number of nitrogens with one attached hydrogen (secondary N) is 1. The molecule has 33 heavy (non-hydrogen) atoms. The lowest BCUT2D eigenvalue weighted by Crippen LogP contribution is -2.36. The minimum Gasteiger partial charge on any atom is -0.493 e.